The summed E-state index contributed by atoms with van der Waals surface area (Å²) in [7, 11) is 0. The van der Waals surface area contributed by atoms with Gasteiger partial charge in [-0.3, -0.25) is 9.97 Å². The van der Waals surface area contributed by atoms with Gasteiger partial charge in [-0.15, -0.1) is 0 Å². The van der Waals surface area contributed by atoms with Gasteiger partial charge in [-0.1, -0.05) is 0 Å². The van der Waals surface area contributed by atoms with Crippen LogP contribution in [0.5, 0.6) is 0 Å². The predicted octanol–water partition coefficient (Wildman–Crippen LogP) is 1.64. The van der Waals surface area contributed by atoms with Gasteiger partial charge >= 0.3 is 11.9 Å². The second-order valence-corrected chi connectivity index (χ2v) is 9.27. The van der Waals surface area contributed by atoms with E-state index in [1.165, 1.54) is 12.4 Å². The Morgan fingerprint density at radius 3 is 0.830 bits per heavy atom. The molecule has 0 aliphatic carbocycles. The van der Waals surface area contributed by atoms with Crippen molar-refractivity contribution in [2.75, 3.05) is 132 Å². The summed E-state index contributed by atoms with van der Waals surface area (Å²) >= 11 is 0. The third kappa shape index (κ3) is 23.8. The van der Waals surface area contributed by atoms with Gasteiger partial charge in [-0.2, -0.15) is 0 Å². The number of pyridine rings is 2. The smallest absolute Gasteiger partial charge is 0.339 e. The largest absolute Gasteiger partial charge is 0.460 e. The minimum atomic E-state index is -0.424. The van der Waals surface area contributed by atoms with E-state index >= 15 is 0 Å². The molecule has 2 rings (SSSR count). The van der Waals surface area contributed by atoms with E-state index in [-0.39, 0.29) is 13.2 Å². The van der Waals surface area contributed by atoms with Gasteiger partial charge in [-0.25, -0.2) is 9.59 Å². The summed E-state index contributed by atoms with van der Waals surface area (Å²) in [6, 6.07) is 6.64. The topological polar surface area (TPSA) is 161 Å². The van der Waals surface area contributed by atoms with Crippen LogP contribution in [0, 0.1) is 0 Å². The van der Waals surface area contributed by atoms with Gasteiger partial charge in [0.25, 0.3) is 0 Å². The van der Waals surface area contributed by atoms with Crippen molar-refractivity contribution in [2.24, 2.45) is 0 Å². The van der Waals surface area contributed by atoms with Crippen molar-refractivity contribution < 1.29 is 61.7 Å². The minimum Gasteiger partial charge on any atom is -0.460 e. The van der Waals surface area contributed by atoms with E-state index in [9.17, 15) is 9.59 Å². The van der Waals surface area contributed by atoms with E-state index in [1.807, 2.05) is 0 Å². The number of carbonyl (C=O) groups is 2. The first kappa shape index (κ1) is 40.1. The Kier molecular flexibility index (Phi) is 25.8. The highest BCUT2D eigenvalue weighted by molar-refractivity contribution is 5.89. The third-order valence-corrected chi connectivity index (χ3v) is 5.69. The first-order valence-electron chi connectivity index (χ1n) is 15.6. The summed E-state index contributed by atoms with van der Waals surface area (Å²) in [4.78, 5) is 31.2. The van der Waals surface area contributed by atoms with Gasteiger partial charge in [-0.05, 0) is 24.3 Å². The number of esters is 2. The highest BCUT2D eigenvalue weighted by atomic mass is 16.6. The minimum absolute atomic E-state index is 0.168. The van der Waals surface area contributed by atoms with Gasteiger partial charge in [0, 0.05) is 24.8 Å². The Morgan fingerprint density at radius 2 is 0.617 bits per heavy atom. The Bertz CT molecular complexity index is 926. The maximum Gasteiger partial charge on any atom is 0.339 e. The standard InChI is InChI=1S/C32H48N2O13/c35-31(29-3-1-5-33-27-29)46-25-23-44-21-19-42-17-15-40-13-11-38-9-7-37-8-10-39-12-14-41-16-18-43-20-22-45-24-26-47-32(36)30-4-2-6-34-28-30/h1-6,27-28H,7-26H2. The molecule has 2 aromatic rings. The molecule has 0 N–H and O–H groups in total. The number of hydrogen-bond donors (Lipinski definition) is 0. The number of carbonyl (C=O) groups excluding carboxylic acids is 2. The molecule has 0 unspecified atom stereocenters. The van der Waals surface area contributed by atoms with Crippen molar-refractivity contribution in [3.05, 3.63) is 60.2 Å². The molecule has 0 radical (unpaired) electrons. The maximum absolute atomic E-state index is 11.7. The Hall–Kier alpha value is -3.12. The average Bonchev–Trinajstić information content (AvgIpc) is 3.11. The lowest BCUT2D eigenvalue weighted by atomic mass is 10.3. The fraction of sp³-hybridized carbons (Fsp3) is 0.625. The molecular formula is C32H48N2O13. The van der Waals surface area contributed by atoms with Gasteiger partial charge < -0.3 is 52.1 Å². The molecular weight excluding hydrogens is 620 g/mol. The van der Waals surface area contributed by atoms with Crippen LogP contribution in [0.25, 0.3) is 0 Å². The third-order valence-electron chi connectivity index (χ3n) is 5.69. The summed E-state index contributed by atoms with van der Waals surface area (Å²) in [5.74, 6) is -0.847. The first-order valence-corrected chi connectivity index (χ1v) is 15.6. The Balaban J connectivity index is 1.16. The molecule has 2 heterocycles. The van der Waals surface area contributed by atoms with Crippen molar-refractivity contribution in [1.29, 1.82) is 0 Å². The van der Waals surface area contributed by atoms with E-state index < -0.39 is 11.9 Å². The summed E-state index contributed by atoms with van der Waals surface area (Å²) in [6.45, 7) is 8.19. The monoisotopic (exact) mass is 668 g/mol. The molecule has 0 atom stereocenters. The van der Waals surface area contributed by atoms with Gasteiger partial charge in [0.05, 0.1) is 130 Å². The fourth-order valence-electron chi connectivity index (χ4n) is 3.38. The van der Waals surface area contributed by atoms with Crippen molar-refractivity contribution in [1.82, 2.24) is 9.97 Å². The van der Waals surface area contributed by atoms with Crippen molar-refractivity contribution in [3.63, 3.8) is 0 Å². The molecule has 0 bridgehead atoms. The molecule has 0 spiro atoms. The van der Waals surface area contributed by atoms with Crippen LogP contribution < -0.4 is 0 Å². The zero-order valence-corrected chi connectivity index (χ0v) is 27.0. The van der Waals surface area contributed by atoms with E-state index in [2.05, 4.69) is 9.97 Å². The Morgan fingerprint density at radius 1 is 0.383 bits per heavy atom. The van der Waals surface area contributed by atoms with Crippen molar-refractivity contribution in [3.8, 4) is 0 Å². The number of aromatic nitrogens is 2. The van der Waals surface area contributed by atoms with E-state index in [0.29, 0.717) is 130 Å². The summed E-state index contributed by atoms with van der Waals surface area (Å²) in [6.07, 6.45) is 6.10. The molecule has 15 nitrogen and oxygen atoms in total. The molecule has 264 valence electrons. The number of hydrogen-bond acceptors (Lipinski definition) is 15. The van der Waals surface area contributed by atoms with Crippen LogP contribution in [0.1, 0.15) is 20.7 Å². The number of nitrogens with zero attached hydrogens (tertiary/aromatic N) is 2. The molecule has 0 amide bonds. The molecule has 15 heteroatoms. The first-order chi connectivity index (χ1) is 23.3. The van der Waals surface area contributed by atoms with E-state index in [0.717, 1.165) is 0 Å². The van der Waals surface area contributed by atoms with Crippen molar-refractivity contribution in [2.45, 2.75) is 0 Å². The van der Waals surface area contributed by atoms with Gasteiger partial charge in [0.1, 0.15) is 13.2 Å². The summed E-state index contributed by atoms with van der Waals surface area (Å²) < 4.78 is 59.0. The van der Waals surface area contributed by atoms with E-state index in [1.54, 1.807) is 36.7 Å². The summed E-state index contributed by atoms with van der Waals surface area (Å²) in [5.41, 5.74) is 0.819. The lowest BCUT2D eigenvalue weighted by Crippen LogP contribution is -2.16. The van der Waals surface area contributed by atoms with Crippen LogP contribution in [0.15, 0.2) is 49.1 Å². The van der Waals surface area contributed by atoms with Crippen LogP contribution in [0.2, 0.25) is 0 Å². The second-order valence-electron chi connectivity index (χ2n) is 9.27. The SMILES string of the molecule is O=C(OCCOCCOCCOCCOCCOCCOCCOCCOCCOCCOC(=O)c1cccnc1)c1cccnc1. The molecule has 2 aromatic heterocycles. The van der Waals surface area contributed by atoms with Crippen LogP contribution in [0.4, 0.5) is 0 Å². The summed E-state index contributed by atoms with van der Waals surface area (Å²) in [5, 5.41) is 0. The fourth-order valence-corrected chi connectivity index (χ4v) is 3.38. The van der Waals surface area contributed by atoms with Crippen LogP contribution in [-0.4, -0.2) is 154 Å². The van der Waals surface area contributed by atoms with E-state index in [4.69, 9.17) is 52.1 Å². The van der Waals surface area contributed by atoms with Crippen LogP contribution >= 0.6 is 0 Å². The number of ether oxygens (including phenoxy) is 11. The Labute approximate surface area is 276 Å². The maximum atomic E-state index is 11.7. The molecule has 0 aliphatic rings. The zero-order chi connectivity index (χ0) is 33.3. The lowest BCUT2D eigenvalue weighted by Gasteiger charge is -2.09. The normalized spacial score (nSPS) is 11.1. The lowest BCUT2D eigenvalue weighted by molar-refractivity contribution is -0.0266. The molecule has 47 heavy (non-hydrogen) atoms. The average molecular weight is 669 g/mol. The molecule has 0 saturated heterocycles. The second kappa shape index (κ2) is 30.2. The number of rotatable bonds is 32. The predicted molar refractivity (Wildman–Crippen MR) is 166 cm³/mol. The molecule has 0 fully saturated rings. The molecule has 0 aromatic carbocycles. The van der Waals surface area contributed by atoms with Crippen LogP contribution in [0.3, 0.4) is 0 Å². The quantitative estimate of drug-likeness (QED) is 0.0817. The van der Waals surface area contributed by atoms with Crippen LogP contribution in [-0.2, 0) is 52.1 Å². The highest BCUT2D eigenvalue weighted by Gasteiger charge is 2.07. The zero-order valence-electron chi connectivity index (χ0n) is 27.0. The molecule has 0 saturated carbocycles. The van der Waals surface area contributed by atoms with Crippen molar-refractivity contribution >= 4 is 11.9 Å². The van der Waals surface area contributed by atoms with Gasteiger partial charge in [0.15, 0.2) is 0 Å². The molecule has 0 aliphatic heterocycles. The highest BCUT2D eigenvalue weighted by Crippen LogP contribution is 1.99. The van der Waals surface area contributed by atoms with Gasteiger partial charge in [0.2, 0.25) is 0 Å².